The summed E-state index contributed by atoms with van der Waals surface area (Å²) in [5.41, 5.74) is 1.19. The van der Waals surface area contributed by atoms with Crippen LogP contribution in [-0.2, 0) is 4.79 Å². The van der Waals surface area contributed by atoms with Crippen LogP contribution in [0.3, 0.4) is 0 Å². The van der Waals surface area contributed by atoms with Crippen LogP contribution in [0.25, 0.3) is 0 Å². The molecule has 2 N–H and O–H groups in total. The number of nitrogens with zero attached hydrogens (tertiary/aromatic N) is 3. The molecule has 3 unspecified atom stereocenters. The minimum Gasteiger partial charge on any atom is -0.507 e. The van der Waals surface area contributed by atoms with Crippen LogP contribution in [0, 0.1) is 0 Å². The molecular formula is C23H22F3N3O3. The van der Waals surface area contributed by atoms with E-state index in [9.17, 15) is 28.2 Å². The van der Waals surface area contributed by atoms with Crippen molar-refractivity contribution in [2.75, 3.05) is 6.54 Å². The summed E-state index contributed by atoms with van der Waals surface area (Å²) in [6, 6.07) is 15.6. The second kappa shape index (κ2) is 8.31. The molecule has 6 nitrogen and oxygen atoms in total. The third kappa shape index (κ3) is 3.84. The van der Waals surface area contributed by atoms with E-state index in [1.54, 1.807) is 0 Å². The van der Waals surface area contributed by atoms with Crippen LogP contribution in [0.15, 0.2) is 77.2 Å². The van der Waals surface area contributed by atoms with E-state index in [1.165, 1.54) is 5.01 Å². The molecule has 2 heterocycles. The van der Waals surface area contributed by atoms with E-state index in [2.05, 4.69) is 5.10 Å². The summed E-state index contributed by atoms with van der Waals surface area (Å²) >= 11 is 0. The van der Waals surface area contributed by atoms with Crippen molar-refractivity contribution in [3.05, 3.63) is 83.2 Å². The average molecular weight is 445 g/mol. The molecule has 32 heavy (non-hydrogen) atoms. The van der Waals surface area contributed by atoms with E-state index in [1.807, 2.05) is 60.7 Å². The van der Waals surface area contributed by atoms with E-state index in [0.29, 0.717) is 4.90 Å². The average Bonchev–Trinajstić information content (AvgIpc) is 2.78. The second-order valence-electron chi connectivity index (χ2n) is 7.83. The van der Waals surface area contributed by atoms with Gasteiger partial charge in [-0.1, -0.05) is 60.7 Å². The standard InChI is InChI=1S/C23H22F3N3O3/c1-14(23(24,25)26)28-13-17(29-20(22(28)32)21(31)18(30)12-27-29)19(15-8-4-2-5-9-15)16-10-6-3-7-11-16/h2-12,14,17-19,30-31H,13H2,1H3. The lowest BCUT2D eigenvalue weighted by Gasteiger charge is -2.47. The Kier molecular flexibility index (Phi) is 5.68. The Morgan fingerprint density at radius 3 is 2.06 bits per heavy atom. The molecule has 0 aliphatic carbocycles. The lowest BCUT2D eigenvalue weighted by atomic mass is 9.82. The van der Waals surface area contributed by atoms with Gasteiger partial charge in [-0.25, -0.2) is 0 Å². The Morgan fingerprint density at radius 2 is 1.56 bits per heavy atom. The predicted octanol–water partition coefficient (Wildman–Crippen LogP) is 3.41. The first kappa shape index (κ1) is 21.9. The highest BCUT2D eigenvalue weighted by molar-refractivity contribution is 5.96. The van der Waals surface area contributed by atoms with Crippen molar-refractivity contribution in [1.29, 1.82) is 0 Å². The summed E-state index contributed by atoms with van der Waals surface area (Å²) in [5, 5.41) is 25.9. The highest BCUT2D eigenvalue weighted by Crippen LogP contribution is 2.40. The number of alkyl halides is 3. The number of aliphatic hydroxyl groups excluding tert-OH is 2. The summed E-state index contributed by atoms with van der Waals surface area (Å²) in [7, 11) is 0. The smallest absolute Gasteiger partial charge is 0.408 e. The fourth-order valence-electron chi connectivity index (χ4n) is 4.19. The molecule has 2 aliphatic heterocycles. The largest absolute Gasteiger partial charge is 0.507 e. The predicted molar refractivity (Wildman–Crippen MR) is 112 cm³/mol. The summed E-state index contributed by atoms with van der Waals surface area (Å²) in [4.78, 5) is 13.7. The van der Waals surface area contributed by atoms with Gasteiger partial charge in [-0.2, -0.15) is 18.3 Å². The first-order valence-electron chi connectivity index (χ1n) is 10.1. The Balaban J connectivity index is 1.88. The van der Waals surface area contributed by atoms with E-state index in [-0.39, 0.29) is 6.54 Å². The maximum atomic E-state index is 13.6. The number of hydrogen-bond donors (Lipinski definition) is 2. The minimum atomic E-state index is -4.66. The van der Waals surface area contributed by atoms with Gasteiger partial charge in [0.1, 0.15) is 12.1 Å². The minimum absolute atomic E-state index is 0.280. The molecule has 9 heteroatoms. The summed E-state index contributed by atoms with van der Waals surface area (Å²) in [5.74, 6) is -2.21. The molecule has 2 aromatic carbocycles. The SMILES string of the molecule is CC(N1CC(C(c2ccccc2)c2ccccc2)N2N=CC(O)C(O)=C2C1=O)C(F)(F)F. The molecule has 1 fully saturated rings. The van der Waals surface area contributed by atoms with Crippen LogP contribution < -0.4 is 0 Å². The second-order valence-corrected chi connectivity index (χ2v) is 7.83. The van der Waals surface area contributed by atoms with Gasteiger partial charge >= 0.3 is 6.18 Å². The molecule has 0 aromatic heterocycles. The van der Waals surface area contributed by atoms with Crippen molar-refractivity contribution >= 4 is 12.1 Å². The first-order chi connectivity index (χ1) is 15.2. The normalized spacial score (nSPS) is 22.4. The number of aliphatic hydroxyl groups is 2. The van der Waals surface area contributed by atoms with E-state index in [0.717, 1.165) is 24.3 Å². The van der Waals surface area contributed by atoms with Crippen molar-refractivity contribution in [2.45, 2.75) is 37.2 Å². The number of halogens is 3. The van der Waals surface area contributed by atoms with Crippen LogP contribution in [0.5, 0.6) is 0 Å². The number of fused-ring (bicyclic) bond motifs is 1. The van der Waals surface area contributed by atoms with Crippen LogP contribution >= 0.6 is 0 Å². The third-order valence-corrected chi connectivity index (χ3v) is 5.89. The lowest BCUT2D eigenvalue weighted by molar-refractivity contribution is -0.189. The Bertz CT molecular complexity index is 1000. The molecule has 0 bridgehead atoms. The van der Waals surface area contributed by atoms with Crippen molar-refractivity contribution in [3.63, 3.8) is 0 Å². The molecule has 0 radical (unpaired) electrons. The maximum Gasteiger partial charge on any atom is 0.408 e. The van der Waals surface area contributed by atoms with Crippen molar-refractivity contribution < 1.29 is 28.2 Å². The van der Waals surface area contributed by atoms with Gasteiger partial charge in [0.05, 0.1) is 12.3 Å². The maximum absolute atomic E-state index is 13.6. The highest BCUT2D eigenvalue weighted by atomic mass is 19.4. The molecule has 1 saturated heterocycles. The molecule has 0 saturated carbocycles. The van der Waals surface area contributed by atoms with E-state index in [4.69, 9.17) is 0 Å². The van der Waals surface area contributed by atoms with E-state index < -0.39 is 47.6 Å². The number of hydrogen-bond acceptors (Lipinski definition) is 5. The summed E-state index contributed by atoms with van der Waals surface area (Å²) in [6.07, 6.45) is -5.17. The quantitative estimate of drug-likeness (QED) is 0.756. The molecule has 2 aromatic rings. The van der Waals surface area contributed by atoms with E-state index >= 15 is 0 Å². The van der Waals surface area contributed by atoms with Crippen molar-refractivity contribution in [3.8, 4) is 0 Å². The van der Waals surface area contributed by atoms with Crippen molar-refractivity contribution in [2.24, 2.45) is 5.10 Å². The van der Waals surface area contributed by atoms with Gasteiger partial charge in [0.2, 0.25) is 0 Å². The van der Waals surface area contributed by atoms with Gasteiger partial charge in [-0.3, -0.25) is 9.80 Å². The zero-order chi connectivity index (χ0) is 23.0. The first-order valence-corrected chi connectivity index (χ1v) is 10.1. The number of carbonyl (C=O) groups is 1. The summed E-state index contributed by atoms with van der Waals surface area (Å²) < 4.78 is 40.8. The molecule has 3 atom stereocenters. The summed E-state index contributed by atoms with van der Waals surface area (Å²) in [6.45, 7) is 0.628. The molecule has 168 valence electrons. The number of carbonyl (C=O) groups excluding carboxylic acids is 1. The topological polar surface area (TPSA) is 76.4 Å². The monoisotopic (exact) mass is 445 g/mol. The molecular weight excluding hydrogens is 423 g/mol. The molecule has 4 rings (SSSR count). The number of rotatable bonds is 4. The van der Waals surface area contributed by atoms with Crippen LogP contribution in [0.1, 0.15) is 24.0 Å². The third-order valence-electron chi connectivity index (χ3n) is 5.89. The van der Waals surface area contributed by atoms with Crippen LogP contribution in [0.4, 0.5) is 13.2 Å². The fourth-order valence-corrected chi connectivity index (χ4v) is 4.19. The van der Waals surface area contributed by atoms with Gasteiger partial charge in [0.15, 0.2) is 11.5 Å². The van der Waals surface area contributed by atoms with Gasteiger partial charge in [-0.15, -0.1) is 0 Å². The molecule has 0 spiro atoms. The van der Waals surface area contributed by atoms with Gasteiger partial charge in [0.25, 0.3) is 5.91 Å². The van der Waals surface area contributed by atoms with Gasteiger partial charge in [0, 0.05) is 12.5 Å². The number of hydrazone groups is 1. The Hall–Kier alpha value is -3.33. The fraction of sp³-hybridized carbons (Fsp3) is 0.304. The zero-order valence-corrected chi connectivity index (χ0v) is 17.1. The Morgan fingerprint density at radius 1 is 1.03 bits per heavy atom. The molecule has 1 amide bonds. The lowest BCUT2D eigenvalue weighted by Crippen LogP contribution is -2.61. The zero-order valence-electron chi connectivity index (χ0n) is 17.1. The highest BCUT2D eigenvalue weighted by Gasteiger charge is 2.51. The van der Waals surface area contributed by atoms with Crippen molar-refractivity contribution in [1.82, 2.24) is 9.91 Å². The van der Waals surface area contributed by atoms with Gasteiger partial charge in [-0.05, 0) is 18.1 Å². The van der Waals surface area contributed by atoms with Crippen LogP contribution in [-0.4, -0.2) is 63.2 Å². The molecule has 2 aliphatic rings. The Labute approximate surface area is 182 Å². The number of piperazine rings is 1. The van der Waals surface area contributed by atoms with Gasteiger partial charge < -0.3 is 15.1 Å². The number of benzene rings is 2. The number of amides is 1. The van der Waals surface area contributed by atoms with Crippen LogP contribution in [0.2, 0.25) is 0 Å².